The number of hydrogen-bond donors (Lipinski definition) is 3. The average molecular weight is 352 g/mol. The first kappa shape index (κ1) is 17.2. The van der Waals surface area contributed by atoms with Gasteiger partial charge >= 0.3 is 0 Å². The molecule has 0 saturated carbocycles. The number of H-pyrrole nitrogens is 1. The van der Waals surface area contributed by atoms with Gasteiger partial charge in [-0.1, -0.05) is 18.2 Å². The van der Waals surface area contributed by atoms with E-state index in [0.29, 0.717) is 11.4 Å². The lowest BCUT2D eigenvalue weighted by atomic mass is 10.2. The number of amides is 2. The van der Waals surface area contributed by atoms with E-state index in [-0.39, 0.29) is 23.2 Å². The summed E-state index contributed by atoms with van der Waals surface area (Å²) in [6, 6.07) is 13.0. The third kappa shape index (κ3) is 3.69. The van der Waals surface area contributed by atoms with Crippen molar-refractivity contribution in [2.24, 2.45) is 0 Å². The summed E-state index contributed by atoms with van der Waals surface area (Å²) in [4.78, 5) is 47.8. The molecule has 26 heavy (non-hydrogen) atoms. The van der Waals surface area contributed by atoms with Crippen LogP contribution < -0.4 is 21.8 Å². The Hall–Kier alpha value is -3.68. The third-order valence-electron chi connectivity index (χ3n) is 3.65. The monoisotopic (exact) mass is 352 g/mol. The van der Waals surface area contributed by atoms with Crippen LogP contribution in [0.15, 0.2) is 58.1 Å². The van der Waals surface area contributed by atoms with Crippen molar-refractivity contribution >= 4 is 34.0 Å². The van der Waals surface area contributed by atoms with Crippen molar-refractivity contribution in [3.63, 3.8) is 0 Å². The Morgan fingerprint density at radius 2 is 1.62 bits per heavy atom. The molecule has 3 N–H and O–H groups in total. The number of fused-ring (bicyclic) bond motifs is 1. The minimum absolute atomic E-state index is 0.228. The Morgan fingerprint density at radius 3 is 2.31 bits per heavy atom. The third-order valence-corrected chi connectivity index (χ3v) is 3.65. The molecule has 1 aromatic heterocycles. The molecule has 8 heteroatoms. The van der Waals surface area contributed by atoms with Crippen molar-refractivity contribution in [1.29, 1.82) is 0 Å². The van der Waals surface area contributed by atoms with Gasteiger partial charge in [0.25, 0.3) is 11.1 Å². The van der Waals surface area contributed by atoms with Crippen LogP contribution in [0.25, 0.3) is 10.8 Å². The van der Waals surface area contributed by atoms with Crippen LogP contribution in [0.3, 0.4) is 0 Å². The molecule has 0 spiro atoms. The second-order valence-electron chi connectivity index (χ2n) is 5.69. The smallest absolute Gasteiger partial charge is 0.273 e. The van der Waals surface area contributed by atoms with E-state index in [0.717, 1.165) is 4.68 Å². The number of aromatic amines is 1. The number of nitrogens with one attached hydrogen (secondary N) is 3. The second kappa shape index (κ2) is 7.06. The summed E-state index contributed by atoms with van der Waals surface area (Å²) < 4.78 is 0.970. The Bertz CT molecular complexity index is 1110. The number of aromatic nitrogens is 2. The number of carbonyl (C=O) groups excluding carboxylic acids is 2. The van der Waals surface area contributed by atoms with Gasteiger partial charge in [0, 0.05) is 18.3 Å². The highest BCUT2D eigenvalue weighted by Gasteiger charge is 2.10. The maximum Gasteiger partial charge on any atom is 0.273 e. The molecule has 0 unspecified atom stereocenters. The fourth-order valence-corrected chi connectivity index (χ4v) is 2.58. The number of carbonyl (C=O) groups is 2. The van der Waals surface area contributed by atoms with Crippen molar-refractivity contribution in [3.05, 3.63) is 69.2 Å². The van der Waals surface area contributed by atoms with Crippen molar-refractivity contribution in [2.75, 3.05) is 10.6 Å². The Labute approximate surface area is 147 Å². The molecule has 1 heterocycles. The lowest BCUT2D eigenvalue weighted by Crippen LogP contribution is -2.34. The molecule has 3 rings (SSSR count). The molecule has 2 aromatic carbocycles. The highest BCUT2D eigenvalue weighted by Crippen LogP contribution is 2.15. The molecule has 0 bridgehead atoms. The van der Waals surface area contributed by atoms with Crippen LogP contribution in [-0.4, -0.2) is 21.6 Å². The molecule has 8 nitrogen and oxygen atoms in total. The minimum atomic E-state index is -0.488. The van der Waals surface area contributed by atoms with E-state index >= 15 is 0 Å². The Kier molecular flexibility index (Phi) is 4.66. The summed E-state index contributed by atoms with van der Waals surface area (Å²) in [6.45, 7) is 1.04. The van der Waals surface area contributed by atoms with E-state index in [4.69, 9.17) is 0 Å². The SMILES string of the molecule is CC(=O)Nc1cccc(NC(=O)Cn2[nH]c(=O)c3ccccc3c2=O)c1. The summed E-state index contributed by atoms with van der Waals surface area (Å²) in [5.74, 6) is -0.716. The minimum Gasteiger partial charge on any atom is -0.326 e. The zero-order valence-corrected chi connectivity index (χ0v) is 13.9. The van der Waals surface area contributed by atoms with Crippen LogP contribution in [0, 0.1) is 0 Å². The molecule has 2 amide bonds. The summed E-state index contributed by atoms with van der Waals surface area (Å²) in [5, 5.41) is 8.16. The van der Waals surface area contributed by atoms with E-state index in [2.05, 4.69) is 15.7 Å². The van der Waals surface area contributed by atoms with Gasteiger partial charge in [-0.25, -0.2) is 4.68 Å². The quantitative estimate of drug-likeness (QED) is 0.656. The number of hydrogen-bond acceptors (Lipinski definition) is 4. The van der Waals surface area contributed by atoms with Crippen LogP contribution in [0.4, 0.5) is 11.4 Å². The highest BCUT2D eigenvalue weighted by molar-refractivity contribution is 5.93. The van der Waals surface area contributed by atoms with Gasteiger partial charge in [-0.15, -0.1) is 0 Å². The Morgan fingerprint density at radius 1 is 0.962 bits per heavy atom. The molecule has 0 atom stereocenters. The normalized spacial score (nSPS) is 10.5. The standard InChI is InChI=1S/C18H16N4O4/c1-11(23)19-12-5-4-6-13(9-12)20-16(24)10-22-18(26)15-8-3-2-7-14(15)17(25)21-22/h2-9H,10H2,1H3,(H,19,23)(H,20,24)(H,21,25). The van der Waals surface area contributed by atoms with Gasteiger partial charge in [0.05, 0.1) is 10.8 Å². The van der Waals surface area contributed by atoms with E-state index in [1.54, 1.807) is 42.5 Å². The van der Waals surface area contributed by atoms with Gasteiger partial charge in [0.1, 0.15) is 6.54 Å². The summed E-state index contributed by atoms with van der Waals surface area (Å²) in [6.07, 6.45) is 0. The fraction of sp³-hybridized carbons (Fsp3) is 0.111. The van der Waals surface area contributed by atoms with Gasteiger partial charge in [0.2, 0.25) is 11.8 Å². The zero-order chi connectivity index (χ0) is 18.7. The van der Waals surface area contributed by atoms with Crippen LogP contribution in [-0.2, 0) is 16.1 Å². The van der Waals surface area contributed by atoms with Crippen molar-refractivity contribution in [3.8, 4) is 0 Å². The van der Waals surface area contributed by atoms with E-state index in [9.17, 15) is 19.2 Å². The first-order valence-corrected chi connectivity index (χ1v) is 7.83. The predicted molar refractivity (Wildman–Crippen MR) is 98.2 cm³/mol. The fourth-order valence-electron chi connectivity index (χ4n) is 2.58. The summed E-state index contributed by atoms with van der Waals surface area (Å²) >= 11 is 0. The van der Waals surface area contributed by atoms with Crippen LogP contribution in [0.1, 0.15) is 6.92 Å². The van der Waals surface area contributed by atoms with Crippen LogP contribution in [0.2, 0.25) is 0 Å². The van der Waals surface area contributed by atoms with E-state index < -0.39 is 17.0 Å². The first-order chi connectivity index (χ1) is 12.4. The Balaban J connectivity index is 1.82. The first-order valence-electron chi connectivity index (χ1n) is 7.83. The molecular formula is C18H16N4O4. The zero-order valence-electron chi connectivity index (χ0n) is 13.9. The molecule has 132 valence electrons. The van der Waals surface area contributed by atoms with Gasteiger partial charge in [-0.3, -0.25) is 24.3 Å². The lowest BCUT2D eigenvalue weighted by Gasteiger charge is -2.09. The molecule has 0 aliphatic rings. The van der Waals surface area contributed by atoms with Crippen molar-refractivity contribution in [2.45, 2.75) is 13.5 Å². The van der Waals surface area contributed by atoms with Crippen molar-refractivity contribution < 1.29 is 9.59 Å². The maximum absolute atomic E-state index is 12.4. The van der Waals surface area contributed by atoms with Gasteiger partial charge in [-0.05, 0) is 30.3 Å². The molecule has 0 aliphatic heterocycles. The van der Waals surface area contributed by atoms with E-state index in [1.807, 2.05) is 0 Å². The van der Waals surface area contributed by atoms with Gasteiger partial charge < -0.3 is 10.6 Å². The number of rotatable bonds is 4. The highest BCUT2D eigenvalue weighted by atomic mass is 16.2. The van der Waals surface area contributed by atoms with Crippen LogP contribution in [0.5, 0.6) is 0 Å². The molecule has 3 aromatic rings. The number of benzene rings is 2. The topological polar surface area (TPSA) is 113 Å². The largest absolute Gasteiger partial charge is 0.326 e. The number of nitrogens with zero attached hydrogens (tertiary/aromatic N) is 1. The average Bonchev–Trinajstić information content (AvgIpc) is 2.59. The molecule has 0 saturated heterocycles. The lowest BCUT2D eigenvalue weighted by molar-refractivity contribution is -0.117. The summed E-state index contributed by atoms with van der Waals surface area (Å²) in [7, 11) is 0. The van der Waals surface area contributed by atoms with E-state index in [1.165, 1.54) is 13.0 Å². The molecular weight excluding hydrogens is 336 g/mol. The second-order valence-corrected chi connectivity index (χ2v) is 5.69. The predicted octanol–water partition coefficient (Wildman–Crippen LogP) is 1.29. The molecule has 0 radical (unpaired) electrons. The maximum atomic E-state index is 12.4. The summed E-state index contributed by atoms with van der Waals surface area (Å²) in [5.41, 5.74) is 0.0898. The van der Waals surface area contributed by atoms with Crippen molar-refractivity contribution in [1.82, 2.24) is 9.78 Å². The number of anilines is 2. The molecule has 0 aliphatic carbocycles. The van der Waals surface area contributed by atoms with Crippen LogP contribution >= 0.6 is 0 Å². The van der Waals surface area contributed by atoms with Gasteiger partial charge in [0.15, 0.2) is 0 Å². The van der Waals surface area contributed by atoms with Gasteiger partial charge in [-0.2, -0.15) is 0 Å². The molecule has 0 fully saturated rings.